The van der Waals surface area contributed by atoms with E-state index in [-0.39, 0.29) is 0 Å². The highest BCUT2D eigenvalue weighted by Crippen LogP contribution is 2.55. The van der Waals surface area contributed by atoms with Gasteiger partial charge in [-0.2, -0.15) is 5.26 Å². The van der Waals surface area contributed by atoms with Crippen LogP contribution in [0.15, 0.2) is 182 Å². The van der Waals surface area contributed by atoms with E-state index >= 15 is 0 Å². The van der Waals surface area contributed by atoms with Gasteiger partial charge in [0.25, 0.3) is 0 Å². The van der Waals surface area contributed by atoms with Crippen molar-refractivity contribution >= 4 is 134 Å². The van der Waals surface area contributed by atoms with Crippen LogP contribution in [0.1, 0.15) is 5.56 Å². The van der Waals surface area contributed by atoms with Crippen molar-refractivity contribution in [2.24, 2.45) is 0 Å². The number of thiophene rings is 2. The van der Waals surface area contributed by atoms with Gasteiger partial charge >= 0.3 is 0 Å². The number of fused-ring (bicyclic) bond motifs is 14. The zero-order valence-corrected chi connectivity index (χ0v) is 37.5. The summed E-state index contributed by atoms with van der Waals surface area (Å²) in [6, 6.07) is 62.4. The number of hydrogen-bond acceptors (Lipinski definition) is 5. The van der Waals surface area contributed by atoms with Gasteiger partial charge in [-0.15, -0.1) is 22.7 Å². The molecule has 0 aliphatic carbocycles. The summed E-state index contributed by atoms with van der Waals surface area (Å²) in [5.74, 6) is 0. The fourth-order valence-corrected chi connectivity index (χ4v) is 13.8. The summed E-state index contributed by atoms with van der Waals surface area (Å²) in [7, 11) is 0. The van der Waals surface area contributed by atoms with E-state index in [2.05, 4.69) is 154 Å². The zero-order chi connectivity index (χ0) is 44.8. The van der Waals surface area contributed by atoms with Crippen molar-refractivity contribution in [2.45, 2.75) is 0 Å². The monoisotopic (exact) mass is 898 g/mol. The number of hydrogen-bond donors (Lipinski definition) is 0. The highest BCUT2D eigenvalue weighted by Gasteiger charge is 2.33. The summed E-state index contributed by atoms with van der Waals surface area (Å²) >= 11 is 3.58. The second kappa shape index (κ2) is 13.8. The van der Waals surface area contributed by atoms with Crippen LogP contribution in [0, 0.1) is 17.9 Å². The maximum atomic E-state index is 12.1. The van der Waals surface area contributed by atoms with Gasteiger partial charge in [0.2, 0.25) is 5.69 Å². The highest BCUT2D eigenvalue weighted by atomic mass is 32.1. The van der Waals surface area contributed by atoms with Gasteiger partial charge in [-0.25, -0.2) is 4.85 Å². The van der Waals surface area contributed by atoms with E-state index in [1.54, 1.807) is 35.1 Å². The first-order valence-corrected chi connectivity index (χ1v) is 24.0. The molecule has 0 radical (unpaired) electrons. The topological polar surface area (TPSA) is 63.8 Å². The van der Waals surface area contributed by atoms with Crippen LogP contribution >= 0.6 is 22.7 Å². The van der Waals surface area contributed by atoms with E-state index < -0.39 is 0 Å². The lowest BCUT2D eigenvalue weighted by atomic mass is 9.88. The molecule has 0 saturated carbocycles. The summed E-state index contributed by atoms with van der Waals surface area (Å²) < 4.78 is 9.43. The third kappa shape index (κ3) is 4.77. The van der Waals surface area contributed by atoms with Crippen molar-refractivity contribution in [3.8, 4) is 39.7 Å². The average molecular weight is 899 g/mol. The smallest absolute Gasteiger partial charge is 0.220 e. The number of nitriles is 1. The minimum atomic E-state index is 0.400. The number of nitrogens with zero attached hydrogens (tertiary/aromatic N) is 6. The molecule has 68 heavy (non-hydrogen) atoms. The Balaban J connectivity index is 1.27. The van der Waals surface area contributed by atoms with Gasteiger partial charge in [0, 0.05) is 91.5 Å². The lowest BCUT2D eigenvalue weighted by Gasteiger charge is -2.26. The van der Waals surface area contributed by atoms with Crippen molar-refractivity contribution in [2.75, 3.05) is 0 Å². The normalized spacial score (nSPS) is 12.1. The Kier molecular flexibility index (Phi) is 7.58. The van der Waals surface area contributed by atoms with Gasteiger partial charge in [0.05, 0.1) is 61.3 Å². The third-order valence-corrected chi connectivity index (χ3v) is 16.3. The van der Waals surface area contributed by atoms with Crippen LogP contribution in [0.4, 0.5) is 5.69 Å². The Labute approximate surface area is 395 Å². The summed E-state index contributed by atoms with van der Waals surface area (Å²) in [6.07, 6.45) is 3.52. The van der Waals surface area contributed by atoms with Crippen molar-refractivity contribution in [3.63, 3.8) is 0 Å². The summed E-state index contributed by atoms with van der Waals surface area (Å²) in [6.45, 7) is 9.36. The minimum absolute atomic E-state index is 0.400. The summed E-state index contributed by atoms with van der Waals surface area (Å²) in [4.78, 5) is 14.4. The Hall–Kier alpha value is -8.92. The predicted octanol–water partition coefficient (Wildman–Crippen LogP) is 16.9. The standard InChI is InChI=1S/C60H30N6S2/c1-62-55-48(33-14-4-2-5-15-33)42(32-61)57(49(34-16-6-3-7-17-34)59(55)65-43-22-12-20-40-50(43)51-41(21-13-23-44(51)65)54-53(40)63-30-31-64-54)66-56-36(28-29-47-52(56)39-19-9-11-25-46(39)67-47)37-26-27-38-35-18-8-10-24-45(35)68-60(38)58(37)66/h2-31H. The highest BCUT2D eigenvalue weighted by molar-refractivity contribution is 7.27. The van der Waals surface area contributed by atoms with Crippen LogP contribution in [0.2, 0.25) is 0 Å². The third-order valence-electron chi connectivity index (χ3n) is 14.0. The second-order valence-electron chi connectivity index (χ2n) is 17.3. The van der Waals surface area contributed by atoms with Crippen molar-refractivity contribution in [1.82, 2.24) is 19.1 Å². The van der Waals surface area contributed by atoms with Crippen LogP contribution in [-0.2, 0) is 0 Å². The first-order valence-electron chi connectivity index (χ1n) is 22.4. The van der Waals surface area contributed by atoms with Crippen LogP contribution < -0.4 is 0 Å². The lowest BCUT2D eigenvalue weighted by molar-refractivity contribution is 1.14. The molecule has 0 spiro atoms. The van der Waals surface area contributed by atoms with Gasteiger partial charge in [-0.1, -0.05) is 140 Å². The van der Waals surface area contributed by atoms with Gasteiger partial charge in [-0.3, -0.25) is 9.97 Å². The Bertz CT molecular complexity index is 4670. The molecule has 0 aliphatic heterocycles. The average Bonchev–Trinajstić information content (AvgIpc) is 4.16. The van der Waals surface area contributed by atoms with E-state index in [0.717, 1.165) is 103 Å². The fraction of sp³-hybridized carbons (Fsp3) is 0. The van der Waals surface area contributed by atoms with E-state index in [4.69, 9.17) is 9.97 Å². The first-order chi connectivity index (χ1) is 33.7. The number of aromatic nitrogens is 4. The van der Waals surface area contributed by atoms with Crippen LogP contribution in [0.25, 0.3) is 144 Å². The summed E-state index contributed by atoms with van der Waals surface area (Å²) in [5.41, 5.74) is 11.0. The molecule has 0 saturated heterocycles. The maximum absolute atomic E-state index is 12.1. The van der Waals surface area contributed by atoms with Crippen LogP contribution in [0.3, 0.4) is 0 Å². The minimum Gasteiger partial charge on any atom is -0.318 e. The molecule has 15 aromatic rings. The molecule has 0 fully saturated rings. The van der Waals surface area contributed by atoms with Gasteiger partial charge in [-0.05, 0) is 41.5 Å². The summed E-state index contributed by atoms with van der Waals surface area (Å²) in [5, 5.41) is 23.1. The van der Waals surface area contributed by atoms with Gasteiger partial charge in [0.1, 0.15) is 6.07 Å². The van der Waals surface area contributed by atoms with E-state index in [1.165, 1.54) is 24.9 Å². The van der Waals surface area contributed by atoms with Gasteiger partial charge < -0.3 is 9.13 Å². The molecule has 0 amide bonds. The maximum Gasteiger partial charge on any atom is 0.220 e. The first kappa shape index (κ1) is 37.3. The van der Waals surface area contributed by atoms with E-state index in [9.17, 15) is 11.8 Å². The molecule has 312 valence electrons. The molecule has 8 heteroatoms. The molecular weight excluding hydrogens is 869 g/mol. The molecule has 10 aromatic carbocycles. The van der Waals surface area contributed by atoms with Crippen molar-refractivity contribution in [1.29, 1.82) is 5.26 Å². The van der Waals surface area contributed by atoms with E-state index in [0.29, 0.717) is 22.5 Å². The van der Waals surface area contributed by atoms with Crippen LogP contribution in [-0.4, -0.2) is 19.1 Å². The Morgan fingerprint density at radius 2 is 1.01 bits per heavy atom. The molecule has 5 heterocycles. The molecule has 6 nitrogen and oxygen atoms in total. The molecule has 0 aliphatic rings. The van der Waals surface area contributed by atoms with Crippen LogP contribution in [0.5, 0.6) is 0 Å². The molecule has 0 N–H and O–H groups in total. The van der Waals surface area contributed by atoms with Gasteiger partial charge in [0.15, 0.2) is 0 Å². The van der Waals surface area contributed by atoms with E-state index in [1.807, 2.05) is 36.4 Å². The molecule has 0 atom stereocenters. The number of benzene rings is 10. The largest absolute Gasteiger partial charge is 0.318 e. The Morgan fingerprint density at radius 3 is 1.68 bits per heavy atom. The molecular formula is C60H30N6S2. The molecule has 15 rings (SSSR count). The van der Waals surface area contributed by atoms with Crippen molar-refractivity contribution in [3.05, 3.63) is 199 Å². The quantitative estimate of drug-likeness (QED) is 0.131. The Morgan fingerprint density at radius 1 is 0.456 bits per heavy atom. The molecule has 0 unspecified atom stereocenters. The second-order valence-corrected chi connectivity index (χ2v) is 19.5. The lowest BCUT2D eigenvalue weighted by Crippen LogP contribution is -2.09. The SMILES string of the molecule is [C-]#[N+]c1c(-c2ccccc2)c(C#N)c(-n2c3c(ccc4c5ccccc5sc43)c3ccc4sc5ccccc5c4c32)c(-c2ccccc2)c1-n1c2cccc3c4nccnc4c4cccc1c4c32. The fourth-order valence-electron chi connectivity index (χ4n) is 11.4. The van der Waals surface area contributed by atoms with Crippen molar-refractivity contribution < 1.29 is 0 Å². The molecule has 0 bridgehead atoms. The predicted molar refractivity (Wildman–Crippen MR) is 285 cm³/mol. The molecule has 5 aromatic heterocycles. The zero-order valence-electron chi connectivity index (χ0n) is 35.8. The number of rotatable bonds is 4.